The van der Waals surface area contributed by atoms with Gasteiger partial charge in [0.1, 0.15) is 11.6 Å². The quantitative estimate of drug-likeness (QED) is 0.354. The third-order valence-electron chi connectivity index (χ3n) is 5.76. The Morgan fingerprint density at radius 2 is 1.91 bits per heavy atom. The molecule has 1 saturated heterocycles. The lowest BCUT2D eigenvalue weighted by Crippen LogP contribution is -2.47. The van der Waals surface area contributed by atoms with E-state index in [4.69, 9.17) is 16.9 Å². The Bertz CT molecular complexity index is 1220. The minimum atomic E-state index is -0.521. The summed E-state index contributed by atoms with van der Waals surface area (Å²) in [6.45, 7) is 4.94. The predicted octanol–water partition coefficient (Wildman–Crippen LogP) is 0.316. The molecule has 0 aliphatic carbocycles. The predicted molar refractivity (Wildman–Crippen MR) is 134 cm³/mol. The van der Waals surface area contributed by atoms with Gasteiger partial charge in [0.2, 0.25) is 5.95 Å². The summed E-state index contributed by atoms with van der Waals surface area (Å²) < 4.78 is 1.06. The van der Waals surface area contributed by atoms with Crippen LogP contribution in [-0.4, -0.2) is 75.9 Å². The van der Waals surface area contributed by atoms with Crippen molar-refractivity contribution in [2.75, 3.05) is 55.6 Å². The molecule has 1 fully saturated rings. The fourth-order valence-corrected chi connectivity index (χ4v) is 3.85. The van der Waals surface area contributed by atoms with Gasteiger partial charge in [-0.15, -0.1) is 0 Å². The molecule has 4 rings (SSSR count). The molecule has 0 bridgehead atoms. The number of hydrogen-bond donors (Lipinski definition) is 4. The summed E-state index contributed by atoms with van der Waals surface area (Å²) in [5, 5.41) is 10.6. The maximum atomic E-state index is 12.7. The van der Waals surface area contributed by atoms with Crippen molar-refractivity contribution in [1.29, 1.82) is 5.41 Å². The molecule has 3 aromatic rings. The molecule has 2 aromatic heterocycles. The van der Waals surface area contributed by atoms with E-state index < -0.39 is 6.03 Å². The second-order valence-corrected chi connectivity index (χ2v) is 7.99. The molecule has 35 heavy (non-hydrogen) atoms. The smallest absolute Gasteiger partial charge is 0.330 e. The molecular formula is C23H29N11O. The fourth-order valence-electron chi connectivity index (χ4n) is 3.85. The monoisotopic (exact) mass is 475 g/mol. The van der Waals surface area contributed by atoms with Crippen molar-refractivity contribution in [3.63, 3.8) is 0 Å². The van der Waals surface area contributed by atoms with Crippen LogP contribution in [0.25, 0.3) is 0 Å². The zero-order valence-corrected chi connectivity index (χ0v) is 19.3. The van der Waals surface area contributed by atoms with Crippen LogP contribution in [-0.2, 0) is 6.54 Å². The van der Waals surface area contributed by atoms with Crippen molar-refractivity contribution in [3.8, 4) is 0 Å². The Labute approximate surface area is 202 Å². The zero-order chi connectivity index (χ0) is 24.6. The summed E-state index contributed by atoms with van der Waals surface area (Å²) >= 11 is 0. The van der Waals surface area contributed by atoms with Crippen molar-refractivity contribution in [2.24, 2.45) is 4.99 Å². The van der Waals surface area contributed by atoms with E-state index in [1.807, 2.05) is 30.3 Å². The molecule has 0 unspecified atom stereocenters. The van der Waals surface area contributed by atoms with Crippen molar-refractivity contribution in [2.45, 2.75) is 6.54 Å². The summed E-state index contributed by atoms with van der Waals surface area (Å²) in [7, 11) is 0. The van der Waals surface area contributed by atoms with Gasteiger partial charge in [-0.05, 0) is 5.56 Å². The lowest BCUT2D eigenvalue weighted by Gasteiger charge is -2.34. The first-order chi connectivity index (χ1) is 17.1. The second kappa shape index (κ2) is 11.2. The van der Waals surface area contributed by atoms with E-state index in [-0.39, 0.29) is 22.8 Å². The van der Waals surface area contributed by atoms with Gasteiger partial charge in [-0.1, -0.05) is 30.3 Å². The molecule has 182 valence electrons. The van der Waals surface area contributed by atoms with E-state index in [2.05, 4.69) is 35.1 Å². The number of nitrogens with two attached hydrogens (primary N) is 2. The van der Waals surface area contributed by atoms with Gasteiger partial charge in [0.15, 0.2) is 5.49 Å². The first kappa shape index (κ1) is 23.8. The van der Waals surface area contributed by atoms with E-state index >= 15 is 0 Å². The lowest BCUT2D eigenvalue weighted by molar-refractivity contribution is 0.242. The molecule has 12 nitrogen and oxygen atoms in total. The van der Waals surface area contributed by atoms with Crippen molar-refractivity contribution < 1.29 is 4.79 Å². The normalized spacial score (nSPS) is 14.6. The molecule has 1 aliphatic heterocycles. The average molecular weight is 476 g/mol. The molecular weight excluding hydrogens is 446 g/mol. The van der Waals surface area contributed by atoms with Gasteiger partial charge in [-0.2, -0.15) is 4.98 Å². The number of aromatic nitrogens is 4. The molecule has 1 aromatic carbocycles. The number of anilines is 3. The van der Waals surface area contributed by atoms with Crippen LogP contribution in [0.4, 0.5) is 22.4 Å². The third kappa shape index (κ3) is 5.79. The Morgan fingerprint density at radius 1 is 1.14 bits per heavy atom. The number of nitrogen functional groups attached to an aromatic ring is 2. The summed E-state index contributed by atoms with van der Waals surface area (Å²) in [5.41, 5.74) is 13.7. The van der Waals surface area contributed by atoms with Gasteiger partial charge in [-0.25, -0.2) is 14.3 Å². The van der Waals surface area contributed by atoms with Crippen LogP contribution < -0.4 is 27.2 Å². The Balaban J connectivity index is 1.39. The summed E-state index contributed by atoms with van der Waals surface area (Å²) in [4.78, 5) is 34.5. The van der Waals surface area contributed by atoms with Crippen LogP contribution in [0.5, 0.6) is 0 Å². The van der Waals surface area contributed by atoms with Crippen LogP contribution in [0.3, 0.4) is 0 Å². The Kier molecular flexibility index (Phi) is 7.63. The molecule has 0 radical (unpaired) electrons. The van der Waals surface area contributed by atoms with E-state index in [1.165, 1.54) is 0 Å². The number of nitrogens with zero attached hydrogens (tertiary/aromatic N) is 7. The highest BCUT2D eigenvalue weighted by Crippen LogP contribution is 2.12. The molecule has 0 spiro atoms. The Hall–Kier alpha value is -4.32. The topological polar surface area (TPSA) is 167 Å². The average Bonchev–Trinajstić information content (AvgIpc) is 2.89. The number of carbonyl (C=O) groups is 1. The highest BCUT2D eigenvalue weighted by atomic mass is 16.2. The third-order valence-corrected chi connectivity index (χ3v) is 5.76. The SMILES string of the molecule is N=Cc1c(N)n(C(=O)NCc2ccccc2)c(N)nc1=NCCN1CCN(c2cnccn2)CC1. The Morgan fingerprint density at radius 3 is 2.60 bits per heavy atom. The number of hydrogen-bond acceptors (Lipinski definition) is 10. The fraction of sp³-hybridized carbons (Fsp3) is 0.304. The molecule has 0 saturated carbocycles. The van der Waals surface area contributed by atoms with Gasteiger partial charge >= 0.3 is 6.03 Å². The number of benzene rings is 1. The maximum Gasteiger partial charge on any atom is 0.330 e. The van der Waals surface area contributed by atoms with Gasteiger partial charge in [0.05, 0.1) is 18.3 Å². The van der Waals surface area contributed by atoms with Crippen LogP contribution >= 0.6 is 0 Å². The van der Waals surface area contributed by atoms with Crippen LogP contribution in [0, 0.1) is 5.41 Å². The van der Waals surface area contributed by atoms with Crippen LogP contribution in [0.1, 0.15) is 11.1 Å². The number of nitrogens with one attached hydrogen (secondary N) is 2. The highest BCUT2D eigenvalue weighted by molar-refractivity contribution is 5.89. The zero-order valence-electron chi connectivity index (χ0n) is 19.3. The number of rotatable bonds is 7. The number of piperazine rings is 1. The molecule has 12 heteroatoms. The standard InChI is InChI=1S/C23H29N11O/c24-14-18-20(25)34(23(35)30-15-17-4-2-1-3-5-17)22(26)31-21(18)29-8-9-32-10-12-33(13-11-32)19-16-27-6-7-28-19/h1-7,14,16,24H,8-13,15,25H2,(H,30,35)(H2,26,29,31). The first-order valence-corrected chi connectivity index (χ1v) is 11.3. The van der Waals surface area contributed by atoms with Crippen molar-refractivity contribution in [1.82, 2.24) is 29.7 Å². The minimum absolute atomic E-state index is 0.0226. The minimum Gasteiger partial charge on any atom is -0.384 e. The molecule has 0 atom stereocenters. The summed E-state index contributed by atoms with van der Waals surface area (Å²) in [6, 6.07) is 8.96. The van der Waals surface area contributed by atoms with Crippen molar-refractivity contribution in [3.05, 3.63) is 65.5 Å². The second-order valence-electron chi connectivity index (χ2n) is 7.99. The maximum absolute atomic E-state index is 12.7. The molecule has 1 amide bonds. The first-order valence-electron chi connectivity index (χ1n) is 11.3. The largest absolute Gasteiger partial charge is 0.384 e. The van der Waals surface area contributed by atoms with Gasteiger partial charge in [0.25, 0.3) is 0 Å². The highest BCUT2D eigenvalue weighted by Gasteiger charge is 2.18. The van der Waals surface area contributed by atoms with Gasteiger partial charge in [-0.3, -0.25) is 14.9 Å². The van der Waals surface area contributed by atoms with Gasteiger partial charge in [0, 0.05) is 57.9 Å². The lowest BCUT2D eigenvalue weighted by atomic mass is 10.2. The van der Waals surface area contributed by atoms with Crippen LogP contribution in [0.2, 0.25) is 0 Å². The van der Waals surface area contributed by atoms with E-state index in [1.54, 1.807) is 18.6 Å². The van der Waals surface area contributed by atoms with E-state index in [0.717, 1.165) is 54.9 Å². The van der Waals surface area contributed by atoms with E-state index in [9.17, 15) is 4.79 Å². The molecule has 3 heterocycles. The van der Waals surface area contributed by atoms with E-state index in [0.29, 0.717) is 13.1 Å². The number of amides is 1. The van der Waals surface area contributed by atoms with Gasteiger partial charge < -0.3 is 27.1 Å². The molecule has 1 aliphatic rings. The number of carbonyl (C=O) groups excluding carboxylic acids is 1. The molecule has 6 N–H and O–H groups in total. The van der Waals surface area contributed by atoms with Crippen LogP contribution in [0.15, 0.2) is 53.9 Å². The summed E-state index contributed by atoms with van der Waals surface area (Å²) in [6.07, 6.45) is 6.18. The summed E-state index contributed by atoms with van der Waals surface area (Å²) in [5.74, 6) is 0.817. The van der Waals surface area contributed by atoms with Crippen molar-refractivity contribution >= 4 is 29.8 Å².